The van der Waals surface area contributed by atoms with Gasteiger partial charge in [-0.2, -0.15) is 0 Å². The molecule has 21 heavy (non-hydrogen) atoms. The minimum atomic E-state index is -0.540. The van der Waals surface area contributed by atoms with E-state index in [2.05, 4.69) is 24.1 Å². The van der Waals surface area contributed by atoms with Gasteiger partial charge in [-0.05, 0) is 37.1 Å². The molecule has 0 saturated heterocycles. The Kier molecular flexibility index (Phi) is 5.82. The van der Waals surface area contributed by atoms with Crippen LogP contribution in [0.1, 0.15) is 41.4 Å². The monoisotopic (exact) mass is 310 g/mol. The maximum atomic E-state index is 13.2. The van der Waals surface area contributed by atoms with E-state index in [-0.39, 0.29) is 0 Å². The van der Waals surface area contributed by atoms with Gasteiger partial charge in [0.25, 0.3) is 0 Å². The lowest BCUT2D eigenvalue weighted by molar-refractivity contribution is 0.580. The first-order valence-electron chi connectivity index (χ1n) is 7.25. The Hall–Kier alpha value is -1.33. The number of rotatable bonds is 7. The van der Waals surface area contributed by atoms with Crippen molar-refractivity contribution in [3.63, 3.8) is 0 Å². The summed E-state index contributed by atoms with van der Waals surface area (Å²) >= 11 is 1.62. The largest absolute Gasteiger partial charge is 0.312 e. The Morgan fingerprint density at radius 2 is 1.86 bits per heavy atom. The second kappa shape index (κ2) is 7.61. The first-order valence-corrected chi connectivity index (χ1v) is 8.07. The lowest BCUT2D eigenvalue weighted by atomic mass is 10.1. The van der Waals surface area contributed by atoms with Crippen LogP contribution in [0.4, 0.5) is 8.78 Å². The Morgan fingerprint density at radius 1 is 1.14 bits per heavy atom. The van der Waals surface area contributed by atoms with Crippen LogP contribution in [0.25, 0.3) is 0 Å². The zero-order valence-corrected chi connectivity index (χ0v) is 13.2. The van der Waals surface area contributed by atoms with Crippen molar-refractivity contribution in [1.29, 1.82) is 0 Å². The van der Waals surface area contributed by atoms with Crippen LogP contribution in [0.5, 0.6) is 0 Å². The quantitative estimate of drug-likeness (QED) is 0.780. The molecule has 1 N–H and O–H groups in total. The summed E-state index contributed by atoms with van der Waals surface area (Å²) in [7, 11) is 0. The summed E-state index contributed by atoms with van der Waals surface area (Å²) in [5.74, 6) is -1.08. The van der Waals surface area contributed by atoms with Gasteiger partial charge < -0.3 is 5.32 Å². The molecule has 5 heteroatoms. The molecule has 114 valence electrons. The van der Waals surface area contributed by atoms with E-state index in [9.17, 15) is 8.78 Å². The number of thiazole rings is 1. The van der Waals surface area contributed by atoms with Gasteiger partial charge in [0.2, 0.25) is 0 Å². The molecule has 0 spiro atoms. The van der Waals surface area contributed by atoms with Crippen molar-refractivity contribution in [2.24, 2.45) is 0 Å². The molecule has 0 fully saturated rings. The van der Waals surface area contributed by atoms with Crippen molar-refractivity contribution in [3.05, 3.63) is 51.0 Å². The fourth-order valence-corrected chi connectivity index (χ4v) is 3.35. The highest BCUT2D eigenvalue weighted by atomic mass is 32.1. The average molecular weight is 310 g/mol. The molecule has 0 aliphatic heterocycles. The molecule has 0 saturated carbocycles. The third-order valence-electron chi connectivity index (χ3n) is 3.15. The first-order chi connectivity index (χ1) is 10.1. The van der Waals surface area contributed by atoms with E-state index in [1.807, 2.05) is 0 Å². The zero-order chi connectivity index (χ0) is 15.2. The molecule has 0 unspecified atom stereocenters. The summed E-state index contributed by atoms with van der Waals surface area (Å²) in [4.78, 5) is 5.82. The Morgan fingerprint density at radius 3 is 2.48 bits per heavy atom. The van der Waals surface area contributed by atoms with Crippen LogP contribution in [-0.4, -0.2) is 11.5 Å². The van der Waals surface area contributed by atoms with E-state index in [0.29, 0.717) is 12.0 Å². The van der Waals surface area contributed by atoms with Crippen molar-refractivity contribution < 1.29 is 8.78 Å². The summed E-state index contributed by atoms with van der Waals surface area (Å²) < 4.78 is 26.4. The average Bonchev–Trinajstić information content (AvgIpc) is 2.80. The lowest BCUT2D eigenvalue weighted by Gasteiger charge is -2.01. The highest BCUT2D eigenvalue weighted by molar-refractivity contribution is 7.11. The van der Waals surface area contributed by atoms with Crippen molar-refractivity contribution in [2.75, 3.05) is 6.54 Å². The molecular formula is C16H20F2N2S. The predicted octanol–water partition coefficient (Wildman–Crippen LogP) is 4.07. The summed E-state index contributed by atoms with van der Waals surface area (Å²) in [6, 6.07) is 3.62. The molecule has 0 radical (unpaired) electrons. The van der Waals surface area contributed by atoms with E-state index in [4.69, 9.17) is 0 Å². The maximum Gasteiger partial charge on any atom is 0.126 e. The van der Waals surface area contributed by atoms with Gasteiger partial charge in [0.1, 0.15) is 11.6 Å². The summed E-state index contributed by atoms with van der Waals surface area (Å²) in [6.07, 6.45) is 2.44. The minimum Gasteiger partial charge on any atom is -0.312 e. The molecule has 0 atom stereocenters. The highest BCUT2D eigenvalue weighted by Crippen LogP contribution is 2.22. The molecule has 0 bridgehead atoms. The van der Waals surface area contributed by atoms with Crippen LogP contribution < -0.4 is 5.32 Å². The smallest absolute Gasteiger partial charge is 0.126 e. The molecule has 1 aromatic carbocycles. The maximum absolute atomic E-state index is 13.2. The van der Waals surface area contributed by atoms with Crippen LogP contribution in [0.2, 0.25) is 0 Å². The molecule has 0 aliphatic rings. The normalized spacial score (nSPS) is 11.0. The van der Waals surface area contributed by atoms with Gasteiger partial charge in [-0.15, -0.1) is 11.3 Å². The van der Waals surface area contributed by atoms with Crippen LogP contribution in [0.3, 0.4) is 0 Å². The second-order valence-corrected chi connectivity index (χ2v) is 6.13. The van der Waals surface area contributed by atoms with E-state index in [0.717, 1.165) is 42.7 Å². The molecule has 2 nitrogen and oxygen atoms in total. The van der Waals surface area contributed by atoms with Gasteiger partial charge in [-0.3, -0.25) is 0 Å². The summed E-state index contributed by atoms with van der Waals surface area (Å²) in [6.45, 7) is 5.99. The van der Waals surface area contributed by atoms with Crippen LogP contribution in [-0.2, 0) is 19.4 Å². The Labute approximate surface area is 128 Å². The SMILES string of the molecule is CCCNCc1sc(Cc2cc(F)cc(F)c2)nc1CC. The number of aryl methyl sites for hydroxylation is 1. The topological polar surface area (TPSA) is 24.9 Å². The number of nitrogens with zero attached hydrogens (tertiary/aromatic N) is 1. The molecule has 2 rings (SSSR count). The van der Waals surface area contributed by atoms with E-state index in [1.54, 1.807) is 11.3 Å². The van der Waals surface area contributed by atoms with E-state index >= 15 is 0 Å². The van der Waals surface area contributed by atoms with Crippen LogP contribution >= 0.6 is 11.3 Å². The summed E-state index contributed by atoms with van der Waals surface area (Å²) in [5.41, 5.74) is 1.70. The second-order valence-electron chi connectivity index (χ2n) is 4.96. The third-order valence-corrected chi connectivity index (χ3v) is 4.25. The number of halogens is 2. The van der Waals surface area contributed by atoms with E-state index in [1.165, 1.54) is 17.0 Å². The third kappa shape index (κ3) is 4.58. The van der Waals surface area contributed by atoms with Crippen molar-refractivity contribution >= 4 is 11.3 Å². The van der Waals surface area contributed by atoms with Crippen molar-refractivity contribution in [2.45, 2.75) is 39.7 Å². The number of hydrogen-bond acceptors (Lipinski definition) is 3. The highest BCUT2D eigenvalue weighted by Gasteiger charge is 2.11. The number of aromatic nitrogens is 1. The fourth-order valence-electron chi connectivity index (χ4n) is 2.19. The number of nitrogens with one attached hydrogen (secondary N) is 1. The molecule has 0 aliphatic carbocycles. The molecular weight excluding hydrogens is 290 g/mol. The standard InChI is InChI=1S/C16H20F2N2S/c1-3-5-19-10-15-14(4-2)20-16(21-15)8-11-6-12(17)9-13(18)7-11/h6-7,9,19H,3-5,8,10H2,1-2H3. The van der Waals surface area contributed by atoms with Gasteiger partial charge in [0.15, 0.2) is 0 Å². The van der Waals surface area contributed by atoms with Gasteiger partial charge in [0, 0.05) is 23.9 Å². The zero-order valence-electron chi connectivity index (χ0n) is 12.4. The van der Waals surface area contributed by atoms with Crippen LogP contribution in [0.15, 0.2) is 18.2 Å². The predicted molar refractivity (Wildman–Crippen MR) is 82.7 cm³/mol. The van der Waals surface area contributed by atoms with Crippen LogP contribution in [0, 0.1) is 11.6 Å². The fraction of sp³-hybridized carbons (Fsp3) is 0.438. The van der Waals surface area contributed by atoms with Crippen molar-refractivity contribution in [1.82, 2.24) is 10.3 Å². The van der Waals surface area contributed by atoms with Gasteiger partial charge in [-0.1, -0.05) is 13.8 Å². The first kappa shape index (κ1) is 16.0. The van der Waals surface area contributed by atoms with Gasteiger partial charge >= 0.3 is 0 Å². The number of hydrogen-bond donors (Lipinski definition) is 1. The Balaban J connectivity index is 2.12. The lowest BCUT2D eigenvalue weighted by Crippen LogP contribution is -2.13. The van der Waals surface area contributed by atoms with Crippen molar-refractivity contribution in [3.8, 4) is 0 Å². The summed E-state index contributed by atoms with van der Waals surface area (Å²) in [5, 5.41) is 4.28. The molecule has 1 heterocycles. The number of benzene rings is 1. The molecule has 0 amide bonds. The molecule has 1 aromatic heterocycles. The minimum absolute atomic E-state index is 0.472. The van der Waals surface area contributed by atoms with Gasteiger partial charge in [-0.25, -0.2) is 13.8 Å². The van der Waals surface area contributed by atoms with Gasteiger partial charge in [0.05, 0.1) is 10.7 Å². The molecule has 2 aromatic rings. The van der Waals surface area contributed by atoms with E-state index < -0.39 is 11.6 Å². The Bertz CT molecular complexity index is 576.